The van der Waals surface area contributed by atoms with Crippen molar-refractivity contribution in [3.8, 4) is 5.88 Å². The summed E-state index contributed by atoms with van der Waals surface area (Å²) in [5, 5.41) is 8.83. The summed E-state index contributed by atoms with van der Waals surface area (Å²) >= 11 is 0. The highest BCUT2D eigenvalue weighted by atomic mass is 19.1. The Balaban J connectivity index is 2.94. The van der Waals surface area contributed by atoms with Gasteiger partial charge in [0.1, 0.15) is 11.9 Å². The quantitative estimate of drug-likeness (QED) is 0.774. The second-order valence-corrected chi connectivity index (χ2v) is 3.44. The van der Waals surface area contributed by atoms with Crippen molar-refractivity contribution >= 4 is 5.76 Å². The number of nitrogens with zero attached hydrogens (tertiary/aromatic N) is 1. The Hall–Kier alpha value is -1.62. The third-order valence-electron chi connectivity index (χ3n) is 2.05. The molecule has 1 aromatic rings. The lowest BCUT2D eigenvalue weighted by atomic mass is 10.2. The first-order chi connectivity index (χ1) is 8.10. The summed E-state index contributed by atoms with van der Waals surface area (Å²) < 4.78 is 24.2. The summed E-state index contributed by atoms with van der Waals surface area (Å²) in [6.07, 6.45) is 0.884. The summed E-state index contributed by atoms with van der Waals surface area (Å²) in [5.74, 6) is -0.565. The van der Waals surface area contributed by atoms with Crippen molar-refractivity contribution in [2.24, 2.45) is 0 Å². The standard InChI is InChI=1S/C12H16FNO3/c1-4-16-9(3)10-5-6-14-12(11(10)13)17-8(2)7-15/h5-6,8,15H,3-4,7H2,1-2H3/t8-/m1/s1. The van der Waals surface area contributed by atoms with Crippen LogP contribution in [0.4, 0.5) is 4.39 Å². The number of aliphatic hydroxyl groups is 1. The number of aromatic nitrogens is 1. The summed E-state index contributed by atoms with van der Waals surface area (Å²) in [6.45, 7) is 7.22. The van der Waals surface area contributed by atoms with E-state index in [4.69, 9.17) is 14.6 Å². The van der Waals surface area contributed by atoms with Gasteiger partial charge in [0.05, 0.1) is 18.8 Å². The number of rotatable bonds is 6. The second-order valence-electron chi connectivity index (χ2n) is 3.44. The Bertz CT molecular complexity index is 395. The van der Waals surface area contributed by atoms with Crippen LogP contribution in [0.5, 0.6) is 5.88 Å². The topological polar surface area (TPSA) is 51.6 Å². The third kappa shape index (κ3) is 3.42. The van der Waals surface area contributed by atoms with Crippen molar-refractivity contribution in [2.75, 3.05) is 13.2 Å². The second kappa shape index (κ2) is 6.20. The SMILES string of the molecule is C=C(OCC)c1ccnc(O[C@H](C)CO)c1F. The molecule has 1 N–H and O–H groups in total. The van der Waals surface area contributed by atoms with E-state index in [1.54, 1.807) is 13.8 Å². The predicted octanol–water partition coefficient (Wildman–Crippen LogP) is 1.99. The molecule has 0 bridgehead atoms. The molecule has 1 rings (SSSR count). The lowest BCUT2D eigenvalue weighted by Crippen LogP contribution is -2.18. The Labute approximate surface area is 99.7 Å². The summed E-state index contributed by atoms with van der Waals surface area (Å²) in [6, 6.07) is 1.46. The van der Waals surface area contributed by atoms with E-state index in [1.807, 2.05) is 0 Å². The van der Waals surface area contributed by atoms with Crippen LogP contribution < -0.4 is 4.74 Å². The van der Waals surface area contributed by atoms with Crippen molar-refractivity contribution in [2.45, 2.75) is 20.0 Å². The van der Waals surface area contributed by atoms with Crippen LogP contribution in [-0.2, 0) is 4.74 Å². The van der Waals surface area contributed by atoms with Gasteiger partial charge < -0.3 is 14.6 Å². The van der Waals surface area contributed by atoms with E-state index in [1.165, 1.54) is 12.3 Å². The molecular weight excluding hydrogens is 225 g/mol. The normalized spacial score (nSPS) is 12.0. The fourth-order valence-corrected chi connectivity index (χ4v) is 1.20. The molecule has 1 heterocycles. The number of ether oxygens (including phenoxy) is 2. The molecule has 0 aliphatic carbocycles. The summed E-state index contributed by atoms with van der Waals surface area (Å²) in [5.41, 5.74) is 0.210. The average Bonchev–Trinajstić information content (AvgIpc) is 2.32. The van der Waals surface area contributed by atoms with Crippen LogP contribution in [0.2, 0.25) is 0 Å². The van der Waals surface area contributed by atoms with E-state index >= 15 is 0 Å². The maximum atomic E-state index is 13.9. The van der Waals surface area contributed by atoms with Gasteiger partial charge in [0.25, 0.3) is 5.88 Å². The molecule has 0 spiro atoms. The molecule has 0 radical (unpaired) electrons. The van der Waals surface area contributed by atoms with E-state index in [0.29, 0.717) is 6.61 Å². The average molecular weight is 241 g/mol. The van der Waals surface area contributed by atoms with Crippen LogP contribution in [0.1, 0.15) is 19.4 Å². The van der Waals surface area contributed by atoms with Gasteiger partial charge in [-0.2, -0.15) is 0 Å². The van der Waals surface area contributed by atoms with Crippen molar-refractivity contribution < 1.29 is 19.0 Å². The van der Waals surface area contributed by atoms with Crippen LogP contribution in [0.3, 0.4) is 0 Å². The first-order valence-electron chi connectivity index (χ1n) is 5.34. The maximum Gasteiger partial charge on any atom is 0.251 e. The Kier molecular flexibility index (Phi) is 4.90. The monoisotopic (exact) mass is 241 g/mol. The molecule has 0 fully saturated rings. The molecule has 4 nitrogen and oxygen atoms in total. The third-order valence-corrected chi connectivity index (χ3v) is 2.05. The van der Waals surface area contributed by atoms with Crippen LogP contribution in [0, 0.1) is 5.82 Å². The molecule has 0 saturated carbocycles. The van der Waals surface area contributed by atoms with Gasteiger partial charge in [0.15, 0.2) is 5.82 Å². The van der Waals surface area contributed by atoms with Gasteiger partial charge in [-0.15, -0.1) is 0 Å². The van der Waals surface area contributed by atoms with Gasteiger partial charge in [-0.1, -0.05) is 6.58 Å². The highest BCUT2D eigenvalue weighted by Gasteiger charge is 2.15. The number of aliphatic hydroxyl groups excluding tert-OH is 1. The fourth-order valence-electron chi connectivity index (χ4n) is 1.20. The van der Waals surface area contributed by atoms with Crippen LogP contribution in [0.15, 0.2) is 18.8 Å². The molecule has 0 aliphatic heterocycles. The predicted molar refractivity (Wildman–Crippen MR) is 62.0 cm³/mol. The lowest BCUT2D eigenvalue weighted by Gasteiger charge is -2.14. The van der Waals surface area contributed by atoms with Crippen LogP contribution in [0.25, 0.3) is 5.76 Å². The van der Waals surface area contributed by atoms with Crippen molar-refractivity contribution in [1.82, 2.24) is 4.98 Å². The zero-order chi connectivity index (χ0) is 12.8. The van der Waals surface area contributed by atoms with Gasteiger partial charge in [-0.05, 0) is 19.9 Å². The minimum Gasteiger partial charge on any atom is -0.494 e. The first-order valence-corrected chi connectivity index (χ1v) is 5.34. The molecule has 5 heteroatoms. The largest absolute Gasteiger partial charge is 0.494 e. The summed E-state index contributed by atoms with van der Waals surface area (Å²) in [7, 11) is 0. The van der Waals surface area contributed by atoms with E-state index < -0.39 is 11.9 Å². The molecule has 0 unspecified atom stereocenters. The molecule has 0 amide bonds. The number of hydrogen-bond donors (Lipinski definition) is 1. The van der Waals surface area contributed by atoms with Gasteiger partial charge >= 0.3 is 0 Å². The van der Waals surface area contributed by atoms with Crippen LogP contribution >= 0.6 is 0 Å². The Morgan fingerprint density at radius 3 is 2.94 bits per heavy atom. The van der Waals surface area contributed by atoms with E-state index in [-0.39, 0.29) is 23.8 Å². The zero-order valence-electron chi connectivity index (χ0n) is 9.94. The highest BCUT2D eigenvalue weighted by Crippen LogP contribution is 2.24. The zero-order valence-corrected chi connectivity index (χ0v) is 9.94. The summed E-state index contributed by atoms with van der Waals surface area (Å²) in [4.78, 5) is 3.76. The number of halogens is 1. The van der Waals surface area contributed by atoms with Gasteiger partial charge in [0, 0.05) is 6.20 Å². The minimum atomic E-state index is -0.633. The number of pyridine rings is 1. The molecule has 0 aromatic carbocycles. The Morgan fingerprint density at radius 1 is 1.65 bits per heavy atom. The van der Waals surface area contributed by atoms with Crippen molar-refractivity contribution in [3.05, 3.63) is 30.2 Å². The molecule has 0 saturated heterocycles. The fraction of sp³-hybridized carbons (Fsp3) is 0.417. The number of hydrogen-bond acceptors (Lipinski definition) is 4. The van der Waals surface area contributed by atoms with Crippen molar-refractivity contribution in [3.63, 3.8) is 0 Å². The first kappa shape index (κ1) is 13.4. The van der Waals surface area contributed by atoms with Crippen molar-refractivity contribution in [1.29, 1.82) is 0 Å². The molecule has 1 atom stereocenters. The van der Waals surface area contributed by atoms with Crippen LogP contribution in [-0.4, -0.2) is 29.4 Å². The molecule has 1 aromatic heterocycles. The smallest absolute Gasteiger partial charge is 0.251 e. The van der Waals surface area contributed by atoms with E-state index in [9.17, 15) is 4.39 Å². The molecular formula is C12H16FNO3. The minimum absolute atomic E-state index is 0.162. The van der Waals surface area contributed by atoms with Gasteiger partial charge in [0.2, 0.25) is 0 Å². The lowest BCUT2D eigenvalue weighted by molar-refractivity contribution is 0.120. The molecule has 0 aliphatic rings. The van der Waals surface area contributed by atoms with Gasteiger partial charge in [-0.3, -0.25) is 0 Å². The highest BCUT2D eigenvalue weighted by molar-refractivity contribution is 5.58. The molecule has 94 valence electrons. The van der Waals surface area contributed by atoms with Gasteiger partial charge in [-0.25, -0.2) is 9.37 Å². The van der Waals surface area contributed by atoms with E-state index in [2.05, 4.69) is 11.6 Å². The Morgan fingerprint density at radius 2 is 2.35 bits per heavy atom. The molecule has 17 heavy (non-hydrogen) atoms. The maximum absolute atomic E-state index is 13.9. The van der Waals surface area contributed by atoms with E-state index in [0.717, 1.165) is 0 Å².